The Morgan fingerprint density at radius 2 is 1.60 bits per heavy atom. The van der Waals surface area contributed by atoms with Crippen LogP contribution in [-0.2, 0) is 25.3 Å². The van der Waals surface area contributed by atoms with Gasteiger partial charge in [0.1, 0.15) is 11.8 Å². The smallest absolute Gasteiger partial charge is 0.416 e. The normalized spacial score (nSPS) is 26.9. The molecule has 17 heteroatoms. The standard InChI is InChI=1S/C38H45F7N4O6/c1-54-21-25-17-48(18-29(25)28-10-7-26(37(40,41)42)16-31(28)47-14-11-24(12-15-47)34(51)52)35(53)36(39)22-46(19-30(36)23-5-8-27(55-2)9-6-23)20-33(50)49-13-3-4-32(49)38(43,44)45/h5-10,16,24-25,29-30,32H,3-4,11-15,17-22H2,1-2H3,(H,51,52)/t25-,29+,30+,32+,36+/m1/s1. The summed E-state index contributed by atoms with van der Waals surface area (Å²) in [4.78, 5) is 44.6. The second kappa shape index (κ2) is 15.8. The molecule has 55 heavy (non-hydrogen) atoms. The molecule has 0 radical (unpaired) electrons. The molecule has 0 aromatic heterocycles. The molecule has 0 aliphatic carbocycles. The van der Waals surface area contributed by atoms with Gasteiger partial charge < -0.3 is 29.3 Å². The highest BCUT2D eigenvalue weighted by Gasteiger charge is 2.57. The summed E-state index contributed by atoms with van der Waals surface area (Å²) >= 11 is 0. The summed E-state index contributed by atoms with van der Waals surface area (Å²) < 4.78 is 112. The van der Waals surface area contributed by atoms with Crippen LogP contribution < -0.4 is 9.64 Å². The SMILES string of the molecule is COC[C@H]1CN(C(=O)[C@]2(F)CN(CC(=O)N3CCC[C@H]3C(F)(F)F)C[C@H]2c2ccc(OC)cc2)C[C@@H]1c1ccc(C(F)(F)F)cc1N1CCC(C(=O)O)CC1. The number of likely N-dealkylation sites (tertiary alicyclic amines) is 3. The summed E-state index contributed by atoms with van der Waals surface area (Å²) in [5.74, 6) is -5.01. The third-order valence-corrected chi connectivity index (χ3v) is 11.7. The van der Waals surface area contributed by atoms with E-state index >= 15 is 4.39 Å². The first-order valence-electron chi connectivity index (χ1n) is 18.3. The maximum atomic E-state index is 17.8. The fourth-order valence-electron chi connectivity index (χ4n) is 8.84. The molecule has 0 bridgehead atoms. The van der Waals surface area contributed by atoms with Crippen molar-refractivity contribution in [1.82, 2.24) is 14.7 Å². The number of aliphatic carboxylic acids is 1. The van der Waals surface area contributed by atoms with Crippen molar-refractivity contribution in [3.63, 3.8) is 0 Å². The lowest BCUT2D eigenvalue weighted by Crippen LogP contribution is -2.51. The number of carboxylic acids is 1. The lowest BCUT2D eigenvalue weighted by molar-refractivity contribution is -0.183. The van der Waals surface area contributed by atoms with E-state index in [0.717, 1.165) is 17.0 Å². The number of halogens is 7. The van der Waals surface area contributed by atoms with Crippen molar-refractivity contribution in [1.29, 1.82) is 0 Å². The third-order valence-electron chi connectivity index (χ3n) is 11.7. The molecule has 2 aromatic rings. The van der Waals surface area contributed by atoms with Crippen LogP contribution in [0.1, 0.15) is 54.2 Å². The Kier molecular flexibility index (Phi) is 11.6. The van der Waals surface area contributed by atoms with Crippen LogP contribution in [0.5, 0.6) is 5.75 Å². The van der Waals surface area contributed by atoms with Crippen LogP contribution in [-0.4, -0.2) is 129 Å². The Morgan fingerprint density at radius 3 is 2.20 bits per heavy atom. The van der Waals surface area contributed by atoms with Gasteiger partial charge in [-0.1, -0.05) is 18.2 Å². The van der Waals surface area contributed by atoms with E-state index in [4.69, 9.17) is 9.47 Å². The molecule has 1 N–H and O–H groups in total. The molecular weight excluding hydrogens is 741 g/mol. The number of carbonyl (C=O) groups is 3. The number of hydrogen-bond donors (Lipinski definition) is 1. The van der Waals surface area contributed by atoms with Crippen molar-refractivity contribution in [2.75, 3.05) is 78.1 Å². The second-order valence-corrected chi connectivity index (χ2v) is 15.0. The number of rotatable bonds is 10. The van der Waals surface area contributed by atoms with Gasteiger partial charge in [0.2, 0.25) is 11.6 Å². The highest BCUT2D eigenvalue weighted by molar-refractivity contribution is 5.88. The van der Waals surface area contributed by atoms with Crippen molar-refractivity contribution in [3.05, 3.63) is 59.2 Å². The fourth-order valence-corrected chi connectivity index (χ4v) is 8.84. The van der Waals surface area contributed by atoms with Gasteiger partial charge in [-0.05, 0) is 61.1 Å². The zero-order chi connectivity index (χ0) is 39.9. The summed E-state index contributed by atoms with van der Waals surface area (Å²) in [5, 5.41) is 9.50. The number of anilines is 1. The van der Waals surface area contributed by atoms with Crippen LogP contribution in [0.3, 0.4) is 0 Å². The maximum absolute atomic E-state index is 17.8. The van der Waals surface area contributed by atoms with Gasteiger partial charge in [0.05, 0.1) is 31.7 Å². The summed E-state index contributed by atoms with van der Waals surface area (Å²) in [6, 6.07) is 7.81. The van der Waals surface area contributed by atoms with Gasteiger partial charge in [-0.25, -0.2) is 4.39 Å². The molecule has 0 saturated carbocycles. The van der Waals surface area contributed by atoms with Crippen molar-refractivity contribution in [3.8, 4) is 5.75 Å². The predicted molar refractivity (Wildman–Crippen MR) is 186 cm³/mol. The van der Waals surface area contributed by atoms with Crippen LogP contribution in [0.2, 0.25) is 0 Å². The minimum absolute atomic E-state index is 0.000135. The molecule has 4 heterocycles. The number of carboxylic acid groups (broad SMARTS) is 1. The molecule has 10 nitrogen and oxygen atoms in total. The number of benzene rings is 2. The van der Waals surface area contributed by atoms with E-state index in [0.29, 0.717) is 16.9 Å². The molecule has 4 aliphatic heterocycles. The average Bonchev–Trinajstić information content (AvgIpc) is 3.89. The number of alkyl halides is 7. The number of carbonyl (C=O) groups excluding carboxylic acids is 2. The highest BCUT2D eigenvalue weighted by Crippen LogP contribution is 2.46. The lowest BCUT2D eigenvalue weighted by atomic mass is 9.85. The van der Waals surface area contributed by atoms with E-state index < -0.39 is 84.2 Å². The van der Waals surface area contributed by atoms with E-state index in [1.54, 1.807) is 29.2 Å². The van der Waals surface area contributed by atoms with E-state index in [1.807, 2.05) is 0 Å². The quantitative estimate of drug-likeness (QED) is 0.313. The maximum Gasteiger partial charge on any atom is 0.416 e. The molecule has 4 aliphatic rings. The van der Waals surface area contributed by atoms with E-state index in [2.05, 4.69) is 0 Å². The molecule has 4 fully saturated rings. The van der Waals surface area contributed by atoms with Crippen molar-refractivity contribution in [2.45, 2.75) is 61.6 Å². The summed E-state index contributed by atoms with van der Waals surface area (Å²) in [5.41, 5.74) is -2.35. The van der Waals surface area contributed by atoms with Crippen LogP contribution in [0.4, 0.5) is 36.4 Å². The Bertz CT molecular complexity index is 1720. The zero-order valence-corrected chi connectivity index (χ0v) is 30.5. The third kappa shape index (κ3) is 8.37. The number of methoxy groups -OCH3 is 2. The van der Waals surface area contributed by atoms with Gasteiger partial charge in [-0.15, -0.1) is 0 Å². The molecule has 4 saturated heterocycles. The molecule has 302 valence electrons. The van der Waals surface area contributed by atoms with Gasteiger partial charge in [0.25, 0.3) is 5.91 Å². The number of piperidine rings is 1. The number of hydrogen-bond acceptors (Lipinski definition) is 7. The minimum atomic E-state index is -4.66. The number of ether oxygens (including phenoxy) is 2. The Hall–Kier alpha value is -4.12. The van der Waals surface area contributed by atoms with Gasteiger partial charge in [0, 0.05) is 76.4 Å². The topological polar surface area (TPSA) is 103 Å². The first kappa shape index (κ1) is 40.5. The molecule has 6 rings (SSSR count). The largest absolute Gasteiger partial charge is 0.497 e. The molecule has 0 unspecified atom stereocenters. The number of amides is 2. The van der Waals surface area contributed by atoms with Gasteiger partial charge in [-0.3, -0.25) is 19.3 Å². The molecule has 0 spiro atoms. The molecule has 2 aromatic carbocycles. The first-order chi connectivity index (χ1) is 25.9. The fraction of sp³-hybridized carbons (Fsp3) is 0.605. The van der Waals surface area contributed by atoms with E-state index in [-0.39, 0.29) is 77.2 Å². The van der Waals surface area contributed by atoms with Crippen molar-refractivity contribution < 1.29 is 59.7 Å². The Morgan fingerprint density at radius 1 is 0.909 bits per heavy atom. The Labute approximate surface area is 314 Å². The van der Waals surface area contributed by atoms with Gasteiger partial charge in [-0.2, -0.15) is 26.3 Å². The van der Waals surface area contributed by atoms with E-state index in [9.17, 15) is 45.8 Å². The van der Waals surface area contributed by atoms with Gasteiger partial charge in [0.15, 0.2) is 0 Å². The summed E-state index contributed by atoms with van der Waals surface area (Å²) in [7, 11) is 2.89. The summed E-state index contributed by atoms with van der Waals surface area (Å²) in [6.07, 6.45) is -8.87. The predicted octanol–water partition coefficient (Wildman–Crippen LogP) is 5.56. The zero-order valence-electron chi connectivity index (χ0n) is 30.5. The average molecular weight is 787 g/mol. The van der Waals surface area contributed by atoms with Gasteiger partial charge >= 0.3 is 18.3 Å². The molecular formula is C38H45F7N4O6. The second-order valence-electron chi connectivity index (χ2n) is 15.0. The van der Waals surface area contributed by atoms with Crippen LogP contribution >= 0.6 is 0 Å². The van der Waals surface area contributed by atoms with Crippen LogP contribution in [0.15, 0.2) is 42.5 Å². The monoisotopic (exact) mass is 786 g/mol. The highest BCUT2D eigenvalue weighted by atomic mass is 19.4. The Balaban J connectivity index is 1.29. The van der Waals surface area contributed by atoms with Crippen LogP contribution in [0.25, 0.3) is 0 Å². The first-order valence-corrected chi connectivity index (χ1v) is 18.3. The minimum Gasteiger partial charge on any atom is -0.497 e. The lowest BCUT2D eigenvalue weighted by Gasteiger charge is -2.35. The van der Waals surface area contributed by atoms with Crippen molar-refractivity contribution >= 4 is 23.5 Å². The number of nitrogens with zero attached hydrogens (tertiary/aromatic N) is 4. The molecule has 5 atom stereocenters. The van der Waals surface area contributed by atoms with Crippen molar-refractivity contribution in [2.24, 2.45) is 11.8 Å². The summed E-state index contributed by atoms with van der Waals surface area (Å²) in [6.45, 7) is -0.910. The van der Waals surface area contributed by atoms with Crippen LogP contribution in [0, 0.1) is 11.8 Å². The molecule has 2 amide bonds. The van der Waals surface area contributed by atoms with E-state index in [1.165, 1.54) is 30.1 Å².